The molecule has 1 aromatic carbocycles. The number of carbonyl (C=O) groups is 1. The van der Waals surface area contributed by atoms with Crippen LogP contribution in [0.3, 0.4) is 0 Å². The van der Waals surface area contributed by atoms with Gasteiger partial charge in [0.05, 0.1) is 5.56 Å². The van der Waals surface area contributed by atoms with E-state index in [-0.39, 0.29) is 12.1 Å². The van der Waals surface area contributed by atoms with Crippen LogP contribution in [0.15, 0.2) is 24.3 Å². The van der Waals surface area contributed by atoms with Gasteiger partial charge in [-0.25, -0.2) is 4.79 Å². The van der Waals surface area contributed by atoms with Gasteiger partial charge in [-0.2, -0.15) is 0 Å². The topological polar surface area (TPSA) is 38.3 Å². The molecule has 1 fully saturated rings. The molecule has 3 nitrogen and oxygen atoms in total. The number of hydrogen-bond acceptors (Lipinski definition) is 3. The van der Waals surface area contributed by atoms with Gasteiger partial charge in [0.2, 0.25) is 0 Å². The van der Waals surface area contributed by atoms with Crippen molar-refractivity contribution in [3.63, 3.8) is 0 Å². The summed E-state index contributed by atoms with van der Waals surface area (Å²) in [6, 6.07) is 6.75. The van der Waals surface area contributed by atoms with Crippen LogP contribution < -0.4 is 5.32 Å². The third-order valence-corrected chi connectivity index (χ3v) is 2.86. The zero-order valence-corrected chi connectivity index (χ0v) is 9.67. The van der Waals surface area contributed by atoms with Crippen molar-refractivity contribution in [2.75, 3.05) is 13.1 Å². The lowest BCUT2D eigenvalue weighted by molar-refractivity contribution is 0.0245. The molecule has 1 saturated heterocycles. The Balaban J connectivity index is 1.94. The van der Waals surface area contributed by atoms with Gasteiger partial charge in [0, 0.05) is 11.6 Å². The normalized spacial score (nSPS) is 20.4. The summed E-state index contributed by atoms with van der Waals surface area (Å²) >= 11 is 5.75. The van der Waals surface area contributed by atoms with E-state index >= 15 is 0 Å². The highest BCUT2D eigenvalue weighted by molar-refractivity contribution is 6.30. The van der Waals surface area contributed by atoms with Crippen LogP contribution in [0.4, 0.5) is 0 Å². The molecule has 1 heterocycles. The maximum atomic E-state index is 11.7. The Bertz CT molecular complexity index is 358. The quantitative estimate of drug-likeness (QED) is 0.805. The number of esters is 1. The van der Waals surface area contributed by atoms with Crippen molar-refractivity contribution in [2.24, 2.45) is 0 Å². The number of nitrogens with one attached hydrogen (secondary N) is 1. The molecule has 86 valence electrons. The molecule has 1 aliphatic heterocycles. The third kappa shape index (κ3) is 2.97. The van der Waals surface area contributed by atoms with Crippen molar-refractivity contribution in [1.29, 1.82) is 0 Å². The van der Waals surface area contributed by atoms with Crippen LogP contribution >= 0.6 is 11.6 Å². The summed E-state index contributed by atoms with van der Waals surface area (Å²) < 4.78 is 5.37. The van der Waals surface area contributed by atoms with Gasteiger partial charge >= 0.3 is 5.97 Å². The number of benzene rings is 1. The second kappa shape index (κ2) is 5.32. The number of piperidine rings is 1. The maximum absolute atomic E-state index is 11.7. The molecule has 0 aromatic heterocycles. The first-order valence-corrected chi connectivity index (χ1v) is 5.81. The minimum Gasteiger partial charge on any atom is -0.457 e. The lowest BCUT2D eigenvalue weighted by Gasteiger charge is -2.22. The summed E-state index contributed by atoms with van der Waals surface area (Å²) in [7, 11) is 0. The average Bonchev–Trinajstić information content (AvgIpc) is 2.31. The number of hydrogen-bond donors (Lipinski definition) is 1. The molecule has 0 radical (unpaired) electrons. The van der Waals surface area contributed by atoms with Gasteiger partial charge in [0.1, 0.15) is 6.10 Å². The van der Waals surface area contributed by atoms with E-state index in [0.717, 1.165) is 25.9 Å². The average molecular weight is 240 g/mol. The summed E-state index contributed by atoms with van der Waals surface area (Å²) in [5, 5.41) is 3.82. The molecule has 0 spiro atoms. The van der Waals surface area contributed by atoms with E-state index in [4.69, 9.17) is 16.3 Å². The van der Waals surface area contributed by atoms with Crippen molar-refractivity contribution in [3.8, 4) is 0 Å². The maximum Gasteiger partial charge on any atom is 0.338 e. The second-order valence-corrected chi connectivity index (χ2v) is 4.32. The van der Waals surface area contributed by atoms with E-state index in [1.165, 1.54) is 0 Å². The number of ether oxygens (including phenoxy) is 1. The molecular formula is C12H14ClNO2. The van der Waals surface area contributed by atoms with E-state index in [1.807, 2.05) is 0 Å². The first-order chi connectivity index (χ1) is 7.75. The summed E-state index contributed by atoms with van der Waals surface area (Å²) in [5.74, 6) is -0.273. The lowest BCUT2D eigenvalue weighted by Crippen LogP contribution is -2.36. The van der Waals surface area contributed by atoms with Crippen molar-refractivity contribution < 1.29 is 9.53 Å². The first kappa shape index (κ1) is 11.4. The summed E-state index contributed by atoms with van der Waals surface area (Å²) in [4.78, 5) is 11.7. The van der Waals surface area contributed by atoms with Crippen LogP contribution in [-0.2, 0) is 4.74 Å². The van der Waals surface area contributed by atoms with E-state index in [1.54, 1.807) is 24.3 Å². The zero-order valence-electron chi connectivity index (χ0n) is 8.91. The Kier molecular flexibility index (Phi) is 3.80. The fourth-order valence-corrected chi connectivity index (χ4v) is 1.85. The van der Waals surface area contributed by atoms with Crippen molar-refractivity contribution in [3.05, 3.63) is 34.9 Å². The largest absolute Gasteiger partial charge is 0.457 e. The molecule has 1 N–H and O–H groups in total. The molecule has 1 unspecified atom stereocenters. The zero-order chi connectivity index (χ0) is 11.4. The predicted molar refractivity (Wildman–Crippen MR) is 62.8 cm³/mol. The Hall–Kier alpha value is -1.06. The van der Waals surface area contributed by atoms with Gasteiger partial charge in [-0.3, -0.25) is 0 Å². The molecular weight excluding hydrogens is 226 g/mol. The minimum atomic E-state index is -0.273. The smallest absolute Gasteiger partial charge is 0.338 e. The predicted octanol–water partition coefficient (Wildman–Crippen LogP) is 2.25. The van der Waals surface area contributed by atoms with Crippen LogP contribution in [0.2, 0.25) is 5.02 Å². The number of halogens is 1. The van der Waals surface area contributed by atoms with Gasteiger partial charge in [0.25, 0.3) is 0 Å². The van der Waals surface area contributed by atoms with E-state index in [9.17, 15) is 4.79 Å². The molecule has 1 aromatic rings. The molecule has 0 saturated carbocycles. The highest BCUT2D eigenvalue weighted by Gasteiger charge is 2.18. The Morgan fingerprint density at radius 2 is 2.12 bits per heavy atom. The highest BCUT2D eigenvalue weighted by atomic mass is 35.5. The van der Waals surface area contributed by atoms with Crippen LogP contribution in [0, 0.1) is 0 Å². The molecule has 0 aliphatic carbocycles. The first-order valence-electron chi connectivity index (χ1n) is 5.43. The minimum absolute atomic E-state index is 0.00284. The lowest BCUT2D eigenvalue weighted by atomic mass is 10.1. The molecule has 16 heavy (non-hydrogen) atoms. The van der Waals surface area contributed by atoms with Crippen molar-refractivity contribution in [2.45, 2.75) is 18.9 Å². The summed E-state index contributed by atoms with van der Waals surface area (Å²) in [6.07, 6.45) is 1.99. The van der Waals surface area contributed by atoms with Gasteiger partial charge in [0.15, 0.2) is 0 Å². The highest BCUT2D eigenvalue weighted by Crippen LogP contribution is 2.13. The molecule has 0 amide bonds. The van der Waals surface area contributed by atoms with Crippen LogP contribution in [0.5, 0.6) is 0 Å². The Labute approximate surface area is 99.7 Å². The molecule has 0 bridgehead atoms. The van der Waals surface area contributed by atoms with E-state index in [0.29, 0.717) is 10.6 Å². The van der Waals surface area contributed by atoms with E-state index < -0.39 is 0 Å². The van der Waals surface area contributed by atoms with Crippen molar-refractivity contribution >= 4 is 17.6 Å². The fraction of sp³-hybridized carbons (Fsp3) is 0.417. The standard InChI is InChI=1S/C12H14ClNO2/c13-10-5-3-9(4-6-10)12(15)16-11-2-1-7-14-8-11/h3-6,11,14H,1-2,7-8H2. The van der Waals surface area contributed by atoms with Crippen LogP contribution in [0.1, 0.15) is 23.2 Å². The van der Waals surface area contributed by atoms with Crippen LogP contribution in [0.25, 0.3) is 0 Å². The summed E-state index contributed by atoms with van der Waals surface area (Å²) in [6.45, 7) is 1.76. The fourth-order valence-electron chi connectivity index (χ4n) is 1.73. The van der Waals surface area contributed by atoms with Crippen LogP contribution in [-0.4, -0.2) is 25.2 Å². The van der Waals surface area contributed by atoms with Gasteiger partial charge < -0.3 is 10.1 Å². The molecule has 1 aliphatic rings. The SMILES string of the molecule is O=C(OC1CCCNC1)c1ccc(Cl)cc1. The molecule has 1 atom stereocenters. The monoisotopic (exact) mass is 239 g/mol. The Morgan fingerprint density at radius 1 is 1.38 bits per heavy atom. The van der Waals surface area contributed by atoms with Gasteiger partial charge in [-0.05, 0) is 43.7 Å². The second-order valence-electron chi connectivity index (χ2n) is 3.88. The third-order valence-electron chi connectivity index (χ3n) is 2.61. The molecule has 4 heteroatoms. The molecule has 2 rings (SSSR count). The van der Waals surface area contributed by atoms with E-state index in [2.05, 4.69) is 5.32 Å². The number of rotatable bonds is 2. The number of carbonyl (C=O) groups excluding carboxylic acids is 1. The van der Waals surface area contributed by atoms with Gasteiger partial charge in [-0.15, -0.1) is 0 Å². The van der Waals surface area contributed by atoms with Gasteiger partial charge in [-0.1, -0.05) is 11.6 Å². The van der Waals surface area contributed by atoms with Crippen molar-refractivity contribution in [1.82, 2.24) is 5.32 Å². The Morgan fingerprint density at radius 3 is 2.75 bits per heavy atom. The summed E-state index contributed by atoms with van der Waals surface area (Å²) in [5.41, 5.74) is 0.551.